The Bertz CT molecular complexity index is 399. The number of hydrogen-bond acceptors (Lipinski definition) is 4. The van der Waals surface area contributed by atoms with Crippen molar-refractivity contribution in [1.29, 1.82) is 0 Å². The van der Waals surface area contributed by atoms with Gasteiger partial charge in [-0.1, -0.05) is 6.92 Å². The molecule has 1 heterocycles. The summed E-state index contributed by atoms with van der Waals surface area (Å²) >= 11 is 0. The minimum absolute atomic E-state index is 0.0240. The van der Waals surface area contributed by atoms with Gasteiger partial charge in [0.05, 0.1) is 6.10 Å². The first-order chi connectivity index (χ1) is 8.45. The highest BCUT2D eigenvalue weighted by atomic mass is 19.1. The van der Waals surface area contributed by atoms with Crippen LogP contribution in [0, 0.1) is 11.6 Å². The Kier molecular flexibility index (Phi) is 5.27. The third-order valence-electron chi connectivity index (χ3n) is 2.35. The molecule has 1 unspecified atom stereocenters. The molecule has 0 amide bonds. The van der Waals surface area contributed by atoms with Gasteiger partial charge in [0.25, 0.3) is 0 Å². The first-order valence-corrected chi connectivity index (χ1v) is 5.94. The highest BCUT2D eigenvalue weighted by molar-refractivity contribution is 5.48. The number of nitrogens with zero attached hydrogens (tertiary/aromatic N) is 2. The average molecular weight is 259 g/mol. The van der Waals surface area contributed by atoms with Crippen LogP contribution in [-0.2, 0) is 0 Å². The summed E-state index contributed by atoms with van der Waals surface area (Å²) in [5, 5.41) is 12.1. The summed E-state index contributed by atoms with van der Waals surface area (Å²) in [5.41, 5.74) is 0. The quantitative estimate of drug-likeness (QED) is 0.820. The summed E-state index contributed by atoms with van der Waals surface area (Å²) in [4.78, 5) is 5.37. The Labute approximate surface area is 106 Å². The van der Waals surface area contributed by atoms with Crippen LogP contribution in [0.25, 0.3) is 0 Å². The molecule has 1 rings (SSSR count). The summed E-state index contributed by atoms with van der Waals surface area (Å²) in [6, 6.07) is 0.804. The van der Waals surface area contributed by atoms with Crippen LogP contribution in [0.3, 0.4) is 0 Å². The predicted octanol–water partition coefficient (Wildman–Crippen LogP) is 2.00. The van der Waals surface area contributed by atoms with Crippen LogP contribution in [0.1, 0.15) is 20.3 Å². The first kappa shape index (κ1) is 14.6. The summed E-state index contributed by atoms with van der Waals surface area (Å²) < 4.78 is 27.0. The monoisotopic (exact) mass is 259 g/mol. The zero-order chi connectivity index (χ0) is 13.7. The largest absolute Gasteiger partial charge is 0.392 e. The lowest BCUT2D eigenvalue weighted by molar-refractivity contribution is 0.201. The molecule has 0 fully saturated rings. The number of nitrogens with one attached hydrogen (secondary N) is 1. The van der Waals surface area contributed by atoms with Crippen LogP contribution in [0.5, 0.6) is 0 Å². The molecule has 6 heteroatoms. The molecule has 1 aromatic heterocycles. The number of anilines is 2. The van der Waals surface area contributed by atoms with Gasteiger partial charge in [-0.15, -0.1) is 0 Å². The standard InChI is InChI=1S/C12H19F2N3O/c1-4-5-15-11-9(13)6-10(14)12(16-11)17(3)7-8(2)18/h6,8,18H,4-5,7H2,1-3H3,(H,15,16). The third-order valence-corrected chi connectivity index (χ3v) is 2.35. The maximum atomic E-state index is 13.6. The fourth-order valence-corrected chi connectivity index (χ4v) is 1.57. The number of hydrogen-bond donors (Lipinski definition) is 2. The van der Waals surface area contributed by atoms with Crippen molar-refractivity contribution in [1.82, 2.24) is 4.98 Å². The second-order valence-electron chi connectivity index (χ2n) is 4.28. The molecule has 1 aromatic rings. The lowest BCUT2D eigenvalue weighted by atomic mass is 10.3. The van der Waals surface area contributed by atoms with Gasteiger partial charge in [-0.25, -0.2) is 13.8 Å². The van der Waals surface area contributed by atoms with Crippen molar-refractivity contribution in [2.24, 2.45) is 0 Å². The molecule has 2 N–H and O–H groups in total. The van der Waals surface area contributed by atoms with E-state index in [1.165, 1.54) is 4.90 Å². The molecule has 1 atom stereocenters. The lowest BCUT2D eigenvalue weighted by Gasteiger charge is -2.21. The van der Waals surface area contributed by atoms with Crippen molar-refractivity contribution in [2.45, 2.75) is 26.4 Å². The average Bonchev–Trinajstić information content (AvgIpc) is 2.26. The van der Waals surface area contributed by atoms with Gasteiger partial charge < -0.3 is 15.3 Å². The number of halogens is 2. The number of pyridine rings is 1. The van der Waals surface area contributed by atoms with Gasteiger partial charge in [-0.2, -0.15) is 0 Å². The minimum atomic E-state index is -0.738. The van der Waals surface area contributed by atoms with E-state index in [1.807, 2.05) is 6.92 Å². The highest BCUT2D eigenvalue weighted by Crippen LogP contribution is 2.21. The van der Waals surface area contributed by atoms with E-state index >= 15 is 0 Å². The SMILES string of the molecule is CCCNc1nc(N(C)CC(C)O)c(F)cc1F. The molecule has 102 valence electrons. The lowest BCUT2D eigenvalue weighted by Crippen LogP contribution is -2.28. The Hall–Kier alpha value is -1.43. The second-order valence-corrected chi connectivity index (χ2v) is 4.28. The normalized spacial score (nSPS) is 12.3. The third kappa shape index (κ3) is 3.80. The van der Waals surface area contributed by atoms with Crippen molar-refractivity contribution in [3.05, 3.63) is 17.7 Å². The summed E-state index contributed by atoms with van der Waals surface area (Å²) in [6.45, 7) is 4.32. The zero-order valence-corrected chi connectivity index (χ0v) is 10.9. The van der Waals surface area contributed by atoms with E-state index in [1.54, 1.807) is 14.0 Å². The molecule has 0 bridgehead atoms. The van der Waals surface area contributed by atoms with Gasteiger partial charge >= 0.3 is 0 Å². The fourth-order valence-electron chi connectivity index (χ4n) is 1.57. The molecule has 0 aliphatic carbocycles. The van der Waals surface area contributed by atoms with Crippen LogP contribution in [0.2, 0.25) is 0 Å². The Morgan fingerprint density at radius 3 is 2.67 bits per heavy atom. The molecular formula is C12H19F2N3O. The molecule has 0 aliphatic rings. The fraction of sp³-hybridized carbons (Fsp3) is 0.583. The molecule has 0 aromatic carbocycles. The molecule has 0 saturated heterocycles. The van der Waals surface area contributed by atoms with Crippen LogP contribution in [0.4, 0.5) is 20.4 Å². The number of likely N-dealkylation sites (N-methyl/N-ethyl adjacent to an activating group) is 1. The molecule has 0 spiro atoms. The van der Waals surface area contributed by atoms with Crippen molar-refractivity contribution < 1.29 is 13.9 Å². The summed E-state index contributed by atoms with van der Waals surface area (Å²) in [5.74, 6) is -1.39. The van der Waals surface area contributed by atoms with Gasteiger partial charge in [0.2, 0.25) is 0 Å². The van der Waals surface area contributed by atoms with E-state index in [0.29, 0.717) is 6.54 Å². The van der Waals surface area contributed by atoms with E-state index in [-0.39, 0.29) is 18.2 Å². The van der Waals surface area contributed by atoms with Crippen LogP contribution in [0.15, 0.2) is 6.07 Å². The van der Waals surface area contributed by atoms with Crippen LogP contribution >= 0.6 is 0 Å². The van der Waals surface area contributed by atoms with E-state index in [9.17, 15) is 13.9 Å². The van der Waals surface area contributed by atoms with Crippen molar-refractivity contribution in [3.63, 3.8) is 0 Å². The smallest absolute Gasteiger partial charge is 0.168 e. The van der Waals surface area contributed by atoms with Gasteiger partial charge in [0.15, 0.2) is 23.3 Å². The minimum Gasteiger partial charge on any atom is -0.392 e. The maximum absolute atomic E-state index is 13.6. The summed E-state index contributed by atoms with van der Waals surface area (Å²) in [6.07, 6.45) is 0.199. The van der Waals surface area contributed by atoms with E-state index < -0.39 is 17.7 Å². The molecule has 4 nitrogen and oxygen atoms in total. The van der Waals surface area contributed by atoms with Crippen molar-refractivity contribution in [3.8, 4) is 0 Å². The van der Waals surface area contributed by atoms with E-state index in [0.717, 1.165) is 12.5 Å². The number of aliphatic hydroxyl groups is 1. The molecular weight excluding hydrogens is 240 g/mol. The molecule has 18 heavy (non-hydrogen) atoms. The van der Waals surface area contributed by atoms with Crippen molar-refractivity contribution >= 4 is 11.6 Å². The predicted molar refractivity (Wildman–Crippen MR) is 67.9 cm³/mol. The van der Waals surface area contributed by atoms with E-state index in [2.05, 4.69) is 10.3 Å². The van der Waals surface area contributed by atoms with Crippen LogP contribution in [-0.4, -0.2) is 36.3 Å². The number of aliphatic hydroxyl groups excluding tert-OH is 1. The zero-order valence-electron chi connectivity index (χ0n) is 10.9. The molecule has 0 aliphatic heterocycles. The van der Waals surface area contributed by atoms with Gasteiger partial charge in [0, 0.05) is 26.2 Å². The summed E-state index contributed by atoms with van der Waals surface area (Å²) in [7, 11) is 1.60. The number of aromatic nitrogens is 1. The first-order valence-electron chi connectivity index (χ1n) is 5.94. The second kappa shape index (κ2) is 6.49. The topological polar surface area (TPSA) is 48.4 Å². The number of rotatable bonds is 6. The van der Waals surface area contributed by atoms with E-state index in [4.69, 9.17) is 0 Å². The molecule has 0 radical (unpaired) electrons. The van der Waals surface area contributed by atoms with Gasteiger partial charge in [-0.05, 0) is 13.3 Å². The Morgan fingerprint density at radius 2 is 2.11 bits per heavy atom. The Balaban J connectivity index is 2.96. The molecule has 0 saturated carbocycles. The van der Waals surface area contributed by atoms with Gasteiger partial charge in [-0.3, -0.25) is 0 Å². The van der Waals surface area contributed by atoms with Crippen molar-refractivity contribution in [2.75, 3.05) is 30.4 Å². The van der Waals surface area contributed by atoms with Crippen LogP contribution < -0.4 is 10.2 Å². The maximum Gasteiger partial charge on any atom is 0.168 e. The van der Waals surface area contributed by atoms with Gasteiger partial charge in [0.1, 0.15) is 0 Å². The Morgan fingerprint density at radius 1 is 1.44 bits per heavy atom. The highest BCUT2D eigenvalue weighted by Gasteiger charge is 2.15.